The van der Waals surface area contributed by atoms with Crippen LogP contribution in [0.2, 0.25) is 0 Å². The summed E-state index contributed by atoms with van der Waals surface area (Å²) in [5.74, 6) is -0.147. The number of likely N-dealkylation sites (tertiary alicyclic amines) is 1. The zero-order chi connectivity index (χ0) is 21.7. The van der Waals surface area contributed by atoms with Crippen LogP contribution in [0.3, 0.4) is 0 Å². The van der Waals surface area contributed by atoms with Gasteiger partial charge in [0.05, 0.1) is 12.1 Å². The van der Waals surface area contributed by atoms with E-state index in [4.69, 9.17) is 0 Å². The molecule has 30 heavy (non-hydrogen) atoms. The van der Waals surface area contributed by atoms with E-state index < -0.39 is 12.7 Å². The number of aromatic nitrogens is 2. The molecule has 10 heteroatoms. The maximum absolute atomic E-state index is 12.5. The molecule has 2 aromatic rings. The second-order valence-electron chi connectivity index (χ2n) is 7.20. The fourth-order valence-corrected chi connectivity index (χ4v) is 3.29. The molecular formula is C20H22F3N5O2. The minimum atomic E-state index is -4.21. The number of nitrogens with one attached hydrogen (secondary N) is 2. The first-order valence-electron chi connectivity index (χ1n) is 9.49. The number of amides is 2. The van der Waals surface area contributed by atoms with Crippen LogP contribution in [0, 0.1) is 0 Å². The van der Waals surface area contributed by atoms with Crippen molar-refractivity contribution in [3.05, 3.63) is 42.2 Å². The Hall–Kier alpha value is -3.01. The van der Waals surface area contributed by atoms with Gasteiger partial charge in [-0.15, -0.1) is 0 Å². The Morgan fingerprint density at radius 3 is 2.43 bits per heavy atom. The summed E-state index contributed by atoms with van der Waals surface area (Å²) in [5.41, 5.74) is 1.57. The third-order valence-electron chi connectivity index (χ3n) is 4.68. The molecule has 1 aliphatic rings. The largest absolute Gasteiger partial charge is 0.401 e. The molecule has 3 rings (SSSR count). The van der Waals surface area contributed by atoms with Crippen molar-refractivity contribution in [1.82, 2.24) is 20.2 Å². The highest BCUT2D eigenvalue weighted by molar-refractivity contribution is 5.94. The maximum Gasteiger partial charge on any atom is 0.401 e. The molecular weight excluding hydrogens is 399 g/mol. The molecule has 1 aromatic carbocycles. The maximum atomic E-state index is 12.5. The molecule has 1 fully saturated rings. The Bertz CT molecular complexity index is 894. The van der Waals surface area contributed by atoms with Crippen molar-refractivity contribution in [2.45, 2.75) is 32.0 Å². The number of carbonyl (C=O) groups excluding carboxylic acids is 2. The van der Waals surface area contributed by atoms with E-state index in [1.165, 1.54) is 24.2 Å². The Morgan fingerprint density at radius 1 is 1.17 bits per heavy atom. The number of hydrogen-bond donors (Lipinski definition) is 2. The normalized spacial score (nSPS) is 15.6. The first kappa shape index (κ1) is 21.7. The van der Waals surface area contributed by atoms with Gasteiger partial charge in [-0.25, -0.2) is 9.97 Å². The topological polar surface area (TPSA) is 87.2 Å². The fraction of sp³-hybridized carbons (Fsp3) is 0.400. The van der Waals surface area contributed by atoms with Gasteiger partial charge in [-0.05, 0) is 25.0 Å². The predicted octanol–water partition coefficient (Wildman–Crippen LogP) is 2.86. The van der Waals surface area contributed by atoms with Gasteiger partial charge in [0, 0.05) is 49.7 Å². The lowest BCUT2D eigenvalue weighted by molar-refractivity contribution is -0.148. The van der Waals surface area contributed by atoms with Gasteiger partial charge < -0.3 is 10.6 Å². The molecule has 7 nitrogen and oxygen atoms in total. The van der Waals surface area contributed by atoms with Crippen molar-refractivity contribution < 1.29 is 22.8 Å². The van der Waals surface area contributed by atoms with Gasteiger partial charge in [0.25, 0.3) is 5.91 Å². The SMILES string of the molecule is CC(=O)Nc1cccc(-c2ncc(C(=O)NC3CCN(CC(F)(F)F)CC3)cn2)c1. The smallest absolute Gasteiger partial charge is 0.349 e. The highest BCUT2D eigenvalue weighted by Crippen LogP contribution is 2.21. The van der Waals surface area contributed by atoms with Crippen LogP contribution in [0.1, 0.15) is 30.1 Å². The van der Waals surface area contributed by atoms with Gasteiger partial charge in [-0.3, -0.25) is 14.5 Å². The lowest BCUT2D eigenvalue weighted by Crippen LogP contribution is -2.47. The Morgan fingerprint density at radius 2 is 1.83 bits per heavy atom. The van der Waals surface area contributed by atoms with Crippen molar-refractivity contribution in [3.63, 3.8) is 0 Å². The highest BCUT2D eigenvalue weighted by atomic mass is 19.4. The molecule has 0 radical (unpaired) electrons. The summed E-state index contributed by atoms with van der Waals surface area (Å²) in [5, 5.41) is 5.52. The molecule has 1 saturated heterocycles. The number of benzene rings is 1. The van der Waals surface area contributed by atoms with E-state index in [9.17, 15) is 22.8 Å². The monoisotopic (exact) mass is 421 g/mol. The Labute approximate surface area is 171 Å². The minimum Gasteiger partial charge on any atom is -0.349 e. The molecule has 1 aromatic heterocycles. The van der Waals surface area contributed by atoms with Crippen LogP contribution < -0.4 is 10.6 Å². The van der Waals surface area contributed by atoms with E-state index in [0.29, 0.717) is 29.9 Å². The fourth-order valence-electron chi connectivity index (χ4n) is 3.29. The lowest BCUT2D eigenvalue weighted by Gasteiger charge is -2.32. The molecule has 1 aliphatic heterocycles. The molecule has 160 valence electrons. The van der Waals surface area contributed by atoms with Gasteiger partial charge in [-0.2, -0.15) is 13.2 Å². The second kappa shape index (κ2) is 9.21. The average molecular weight is 421 g/mol. The van der Waals surface area contributed by atoms with Gasteiger partial charge in [-0.1, -0.05) is 12.1 Å². The Balaban J connectivity index is 1.56. The zero-order valence-corrected chi connectivity index (χ0v) is 16.4. The predicted molar refractivity (Wildman–Crippen MR) is 105 cm³/mol. The number of anilines is 1. The van der Waals surface area contributed by atoms with Crippen molar-refractivity contribution in [2.24, 2.45) is 0 Å². The van der Waals surface area contributed by atoms with Crippen LogP contribution in [0.4, 0.5) is 18.9 Å². The quantitative estimate of drug-likeness (QED) is 0.775. The molecule has 2 N–H and O–H groups in total. The van der Waals surface area contributed by atoms with Gasteiger partial charge in [0.15, 0.2) is 5.82 Å². The number of carbonyl (C=O) groups is 2. The standard InChI is InChI=1S/C20H22F3N5O2/c1-13(29)26-17-4-2-3-14(9-17)18-24-10-15(11-25-18)19(30)27-16-5-7-28(8-6-16)12-20(21,22)23/h2-4,9-11,16H,5-8,12H2,1H3,(H,26,29)(H,27,30). The van der Waals surface area contributed by atoms with Crippen molar-refractivity contribution in [3.8, 4) is 11.4 Å². The van der Waals surface area contributed by atoms with E-state index >= 15 is 0 Å². The summed E-state index contributed by atoms with van der Waals surface area (Å²) < 4.78 is 37.4. The van der Waals surface area contributed by atoms with Crippen LogP contribution in [0.15, 0.2) is 36.7 Å². The van der Waals surface area contributed by atoms with E-state index in [-0.39, 0.29) is 36.5 Å². The van der Waals surface area contributed by atoms with Gasteiger partial charge in [0.2, 0.25) is 5.91 Å². The summed E-state index contributed by atoms with van der Waals surface area (Å²) in [7, 11) is 0. The molecule has 2 heterocycles. The number of hydrogen-bond acceptors (Lipinski definition) is 5. The summed E-state index contributed by atoms with van der Waals surface area (Å²) in [6, 6.07) is 6.83. The first-order valence-corrected chi connectivity index (χ1v) is 9.49. The van der Waals surface area contributed by atoms with E-state index in [1.807, 2.05) is 0 Å². The number of piperidine rings is 1. The number of alkyl halides is 3. The van der Waals surface area contributed by atoms with Crippen molar-refractivity contribution >= 4 is 17.5 Å². The van der Waals surface area contributed by atoms with Crippen LogP contribution in [-0.2, 0) is 4.79 Å². The Kier molecular flexibility index (Phi) is 6.66. The summed E-state index contributed by atoms with van der Waals surface area (Å²) in [6.45, 7) is 1.05. The molecule has 2 amide bonds. The molecule has 0 saturated carbocycles. The van der Waals surface area contributed by atoms with E-state index in [1.54, 1.807) is 24.3 Å². The van der Waals surface area contributed by atoms with Crippen LogP contribution in [0.25, 0.3) is 11.4 Å². The van der Waals surface area contributed by atoms with Crippen molar-refractivity contribution in [1.29, 1.82) is 0 Å². The van der Waals surface area contributed by atoms with Crippen LogP contribution in [-0.4, -0.2) is 58.5 Å². The molecule has 0 bridgehead atoms. The number of rotatable bonds is 5. The highest BCUT2D eigenvalue weighted by Gasteiger charge is 2.32. The molecule has 0 aliphatic carbocycles. The first-order chi connectivity index (χ1) is 14.2. The third-order valence-corrected chi connectivity index (χ3v) is 4.68. The van der Waals surface area contributed by atoms with Gasteiger partial charge >= 0.3 is 6.18 Å². The summed E-state index contributed by atoms with van der Waals surface area (Å²) in [4.78, 5) is 33.4. The summed E-state index contributed by atoms with van der Waals surface area (Å²) >= 11 is 0. The van der Waals surface area contributed by atoms with Gasteiger partial charge in [0.1, 0.15) is 0 Å². The molecule has 0 atom stereocenters. The van der Waals surface area contributed by atoms with E-state index in [2.05, 4.69) is 20.6 Å². The van der Waals surface area contributed by atoms with Crippen LogP contribution in [0.5, 0.6) is 0 Å². The molecule has 0 spiro atoms. The molecule has 0 unspecified atom stereocenters. The number of nitrogens with zero attached hydrogens (tertiary/aromatic N) is 3. The van der Waals surface area contributed by atoms with E-state index in [0.717, 1.165) is 0 Å². The number of halogens is 3. The third kappa shape index (κ3) is 6.24. The summed E-state index contributed by atoms with van der Waals surface area (Å²) in [6.07, 6.45) is -0.493. The second-order valence-corrected chi connectivity index (χ2v) is 7.20. The average Bonchev–Trinajstić information content (AvgIpc) is 2.68. The lowest BCUT2D eigenvalue weighted by atomic mass is 10.0. The zero-order valence-electron chi connectivity index (χ0n) is 16.4. The van der Waals surface area contributed by atoms with Crippen molar-refractivity contribution in [2.75, 3.05) is 25.0 Å². The minimum absolute atomic E-state index is 0.184. The van der Waals surface area contributed by atoms with Crippen LogP contribution >= 0.6 is 0 Å².